The van der Waals surface area contributed by atoms with Gasteiger partial charge in [-0.25, -0.2) is 0 Å². The molecule has 4 aromatic rings. The summed E-state index contributed by atoms with van der Waals surface area (Å²) in [5, 5.41) is 24.8. The second kappa shape index (κ2) is 7.33. The van der Waals surface area contributed by atoms with E-state index in [1.54, 1.807) is 0 Å². The molecule has 130 valence electrons. The van der Waals surface area contributed by atoms with Gasteiger partial charge in [-0.1, -0.05) is 60.7 Å². The van der Waals surface area contributed by atoms with E-state index in [0.29, 0.717) is 5.82 Å². The van der Waals surface area contributed by atoms with E-state index in [1.165, 1.54) is 4.80 Å². The van der Waals surface area contributed by atoms with E-state index in [9.17, 15) is 5.11 Å². The number of aromatic nitrogens is 4. The maximum atomic E-state index is 10.2. The maximum absolute atomic E-state index is 10.2. The zero-order chi connectivity index (χ0) is 17.8. The molecule has 0 aliphatic rings. The molecular weight excluding hydrogens is 328 g/mol. The molecule has 0 aliphatic heterocycles. The Labute approximate surface area is 150 Å². The summed E-state index contributed by atoms with van der Waals surface area (Å²) in [5.41, 5.74) is 0.889. The van der Waals surface area contributed by atoms with Crippen molar-refractivity contribution >= 4 is 10.8 Å². The van der Waals surface area contributed by atoms with E-state index < -0.39 is 6.10 Å². The minimum absolute atomic E-state index is 0.153. The highest BCUT2D eigenvalue weighted by atomic mass is 16.5. The van der Waals surface area contributed by atoms with Crippen molar-refractivity contribution in [3.8, 4) is 17.1 Å². The number of rotatable bonds is 6. The number of nitrogens with zero attached hydrogens (tertiary/aromatic N) is 4. The molecule has 0 saturated heterocycles. The molecule has 0 fully saturated rings. The van der Waals surface area contributed by atoms with Crippen LogP contribution in [0.15, 0.2) is 72.8 Å². The monoisotopic (exact) mass is 346 g/mol. The first-order valence-electron chi connectivity index (χ1n) is 8.41. The van der Waals surface area contributed by atoms with Gasteiger partial charge in [0.2, 0.25) is 5.82 Å². The highest BCUT2D eigenvalue weighted by Gasteiger charge is 2.11. The summed E-state index contributed by atoms with van der Waals surface area (Å²) in [5.74, 6) is 1.26. The third-order valence-electron chi connectivity index (χ3n) is 4.02. The van der Waals surface area contributed by atoms with Crippen molar-refractivity contribution in [3.05, 3.63) is 72.8 Å². The Bertz CT molecular complexity index is 1000. The molecule has 1 heterocycles. The molecule has 4 rings (SSSR count). The molecule has 0 radical (unpaired) electrons. The zero-order valence-electron chi connectivity index (χ0n) is 14.1. The van der Waals surface area contributed by atoms with Crippen LogP contribution in [-0.2, 0) is 6.54 Å². The predicted octanol–water partition coefficient (Wildman–Crippen LogP) is 2.93. The minimum atomic E-state index is -0.737. The van der Waals surface area contributed by atoms with Crippen LogP contribution in [0.2, 0.25) is 0 Å². The molecule has 6 heteroatoms. The molecule has 0 bridgehead atoms. The number of ether oxygens (including phenoxy) is 1. The van der Waals surface area contributed by atoms with E-state index in [4.69, 9.17) is 4.74 Å². The SMILES string of the molecule is O[C@@H](COc1ccc2ccccc2c1)Cn1nnc(-c2ccccc2)n1. The summed E-state index contributed by atoms with van der Waals surface area (Å²) in [6.45, 7) is 0.369. The summed E-state index contributed by atoms with van der Waals surface area (Å²) < 4.78 is 5.70. The van der Waals surface area contributed by atoms with Crippen molar-refractivity contribution in [1.82, 2.24) is 20.2 Å². The van der Waals surface area contributed by atoms with Crippen molar-refractivity contribution < 1.29 is 9.84 Å². The van der Waals surface area contributed by atoms with Crippen LogP contribution in [0.3, 0.4) is 0 Å². The lowest BCUT2D eigenvalue weighted by Crippen LogP contribution is -2.24. The van der Waals surface area contributed by atoms with E-state index >= 15 is 0 Å². The third kappa shape index (κ3) is 3.70. The van der Waals surface area contributed by atoms with Gasteiger partial charge in [-0.15, -0.1) is 10.2 Å². The fourth-order valence-electron chi connectivity index (χ4n) is 2.71. The average Bonchev–Trinajstić information content (AvgIpc) is 3.15. The summed E-state index contributed by atoms with van der Waals surface area (Å²) in [6, 6.07) is 23.5. The largest absolute Gasteiger partial charge is 0.491 e. The normalized spacial score (nSPS) is 12.2. The van der Waals surface area contributed by atoms with Crippen molar-refractivity contribution in [2.45, 2.75) is 12.6 Å². The third-order valence-corrected chi connectivity index (χ3v) is 4.02. The molecule has 0 spiro atoms. The summed E-state index contributed by atoms with van der Waals surface area (Å²) in [4.78, 5) is 1.39. The van der Waals surface area contributed by atoms with Crippen LogP contribution < -0.4 is 4.74 Å². The molecule has 6 nitrogen and oxygen atoms in total. The van der Waals surface area contributed by atoms with Gasteiger partial charge in [-0.2, -0.15) is 4.80 Å². The Morgan fingerprint density at radius 3 is 2.54 bits per heavy atom. The Morgan fingerprint density at radius 2 is 1.69 bits per heavy atom. The molecule has 1 aromatic heterocycles. The molecular formula is C20H18N4O2. The Balaban J connectivity index is 1.36. The molecule has 0 amide bonds. The number of hydrogen-bond acceptors (Lipinski definition) is 5. The first kappa shape index (κ1) is 16.2. The minimum Gasteiger partial charge on any atom is -0.491 e. The van der Waals surface area contributed by atoms with Crippen molar-refractivity contribution in [1.29, 1.82) is 0 Å². The first-order valence-corrected chi connectivity index (χ1v) is 8.41. The lowest BCUT2D eigenvalue weighted by molar-refractivity contribution is 0.0850. The van der Waals surface area contributed by atoms with Crippen molar-refractivity contribution in [2.24, 2.45) is 0 Å². The number of tetrazole rings is 1. The molecule has 3 aromatic carbocycles. The van der Waals surface area contributed by atoms with Crippen molar-refractivity contribution in [3.63, 3.8) is 0 Å². The number of aliphatic hydroxyl groups excluding tert-OH is 1. The van der Waals surface area contributed by atoms with Crippen LogP contribution >= 0.6 is 0 Å². The fraction of sp³-hybridized carbons (Fsp3) is 0.150. The standard InChI is InChI=1S/C20H18N4O2/c25-18(13-24-22-20(21-23-24)16-7-2-1-3-8-16)14-26-19-11-10-15-6-4-5-9-17(15)12-19/h1-12,18,25H,13-14H2/t18-/m1/s1. The average molecular weight is 346 g/mol. The smallest absolute Gasteiger partial charge is 0.204 e. The van der Waals surface area contributed by atoms with Crippen LogP contribution in [0.5, 0.6) is 5.75 Å². The number of benzene rings is 3. The van der Waals surface area contributed by atoms with Crippen LogP contribution in [0, 0.1) is 0 Å². The van der Waals surface area contributed by atoms with Gasteiger partial charge >= 0.3 is 0 Å². The summed E-state index contributed by atoms with van der Waals surface area (Å²) >= 11 is 0. The lowest BCUT2D eigenvalue weighted by Gasteiger charge is -2.12. The Kier molecular flexibility index (Phi) is 4.57. The molecule has 1 atom stereocenters. The van der Waals surface area contributed by atoms with Crippen molar-refractivity contribution in [2.75, 3.05) is 6.61 Å². The summed E-state index contributed by atoms with van der Waals surface area (Å²) in [7, 11) is 0. The van der Waals surface area contributed by atoms with Gasteiger partial charge in [0, 0.05) is 5.56 Å². The van der Waals surface area contributed by atoms with Crippen LogP contribution in [0.25, 0.3) is 22.2 Å². The van der Waals surface area contributed by atoms with Gasteiger partial charge in [0.1, 0.15) is 18.5 Å². The van der Waals surface area contributed by atoms with Gasteiger partial charge in [-0.05, 0) is 28.1 Å². The zero-order valence-corrected chi connectivity index (χ0v) is 14.1. The predicted molar refractivity (Wildman–Crippen MR) is 98.7 cm³/mol. The van der Waals surface area contributed by atoms with Crippen LogP contribution in [0.1, 0.15) is 0 Å². The molecule has 26 heavy (non-hydrogen) atoms. The quantitative estimate of drug-likeness (QED) is 0.581. The van der Waals surface area contributed by atoms with Crippen LogP contribution in [-0.4, -0.2) is 38.0 Å². The van der Waals surface area contributed by atoms with E-state index in [1.807, 2.05) is 66.7 Å². The number of hydrogen-bond donors (Lipinski definition) is 1. The maximum Gasteiger partial charge on any atom is 0.204 e. The van der Waals surface area contributed by atoms with Gasteiger partial charge in [0.05, 0.1) is 6.54 Å². The lowest BCUT2D eigenvalue weighted by atomic mass is 10.1. The van der Waals surface area contributed by atoms with Gasteiger partial charge in [0.15, 0.2) is 0 Å². The second-order valence-corrected chi connectivity index (χ2v) is 6.01. The molecule has 0 saturated carbocycles. The fourth-order valence-corrected chi connectivity index (χ4v) is 2.71. The topological polar surface area (TPSA) is 73.1 Å². The van der Waals surface area contributed by atoms with E-state index in [-0.39, 0.29) is 13.2 Å². The highest BCUT2D eigenvalue weighted by Crippen LogP contribution is 2.20. The van der Waals surface area contributed by atoms with E-state index in [0.717, 1.165) is 22.1 Å². The first-order chi connectivity index (χ1) is 12.8. The molecule has 0 unspecified atom stereocenters. The second-order valence-electron chi connectivity index (χ2n) is 6.01. The molecule has 0 aliphatic carbocycles. The number of aliphatic hydroxyl groups is 1. The van der Waals surface area contributed by atoms with Gasteiger partial charge in [-0.3, -0.25) is 0 Å². The van der Waals surface area contributed by atoms with Gasteiger partial charge < -0.3 is 9.84 Å². The number of fused-ring (bicyclic) bond motifs is 1. The van der Waals surface area contributed by atoms with Gasteiger partial charge in [0.25, 0.3) is 0 Å². The van der Waals surface area contributed by atoms with E-state index in [2.05, 4.69) is 21.5 Å². The molecule has 1 N–H and O–H groups in total. The Hall–Kier alpha value is -3.25. The van der Waals surface area contributed by atoms with Crippen LogP contribution in [0.4, 0.5) is 0 Å². The highest BCUT2D eigenvalue weighted by molar-refractivity contribution is 5.83. The Morgan fingerprint density at radius 1 is 0.923 bits per heavy atom. The summed E-state index contributed by atoms with van der Waals surface area (Å²) in [6.07, 6.45) is -0.737.